The van der Waals surface area contributed by atoms with Gasteiger partial charge in [0.25, 0.3) is 0 Å². The van der Waals surface area contributed by atoms with Gasteiger partial charge in [-0.3, -0.25) is 0 Å². The highest BCUT2D eigenvalue weighted by atomic mass is 15.2. The molecule has 2 aliphatic heterocycles. The van der Waals surface area contributed by atoms with Crippen LogP contribution in [0.2, 0.25) is 0 Å². The van der Waals surface area contributed by atoms with Gasteiger partial charge in [-0.2, -0.15) is 0 Å². The summed E-state index contributed by atoms with van der Waals surface area (Å²) >= 11 is 0. The highest BCUT2D eigenvalue weighted by Crippen LogP contribution is 2.65. The van der Waals surface area contributed by atoms with Gasteiger partial charge in [0.15, 0.2) is 0 Å². The summed E-state index contributed by atoms with van der Waals surface area (Å²) in [4.78, 5) is 2.57. The molecule has 1 nitrogen and oxygen atoms in total. The summed E-state index contributed by atoms with van der Waals surface area (Å²) in [5.74, 6) is 0. The lowest BCUT2D eigenvalue weighted by molar-refractivity contribution is 0.267. The molecule has 7 aromatic carbocycles. The number of benzene rings is 7. The highest BCUT2D eigenvalue weighted by molar-refractivity contribution is 6.34. The van der Waals surface area contributed by atoms with Crippen molar-refractivity contribution in [3.05, 3.63) is 220 Å². The van der Waals surface area contributed by atoms with Crippen molar-refractivity contribution in [2.45, 2.75) is 72.1 Å². The van der Waals surface area contributed by atoms with E-state index in [2.05, 4.69) is 224 Å². The van der Waals surface area contributed by atoms with Crippen LogP contribution in [0.3, 0.4) is 0 Å². The zero-order valence-corrected chi connectivity index (χ0v) is 37.7. The van der Waals surface area contributed by atoms with Gasteiger partial charge in [0.2, 0.25) is 0 Å². The Hall–Kier alpha value is -6.38. The molecule has 0 saturated carbocycles. The number of hydrogen-bond donors (Lipinski definition) is 0. The lowest BCUT2D eigenvalue weighted by Gasteiger charge is -2.48. The molecule has 2 heteroatoms. The second kappa shape index (κ2) is 13.8. The van der Waals surface area contributed by atoms with E-state index in [0.717, 1.165) is 46.4 Å². The minimum Gasteiger partial charge on any atom is -0.309 e. The first kappa shape index (κ1) is 39.5. The van der Waals surface area contributed by atoms with E-state index in [-0.39, 0.29) is 16.2 Å². The van der Waals surface area contributed by atoms with Gasteiger partial charge >= 0.3 is 0 Å². The molecule has 0 N–H and O–H groups in total. The monoisotopic (exact) mass is 811 g/mol. The van der Waals surface area contributed by atoms with Crippen molar-refractivity contribution in [3.8, 4) is 33.4 Å². The molecular formula is C61H54BN. The zero-order valence-electron chi connectivity index (χ0n) is 37.7. The van der Waals surface area contributed by atoms with Gasteiger partial charge in [0, 0.05) is 16.5 Å². The molecular weight excluding hydrogens is 757 g/mol. The minimum absolute atomic E-state index is 0.00441. The third-order valence-corrected chi connectivity index (χ3v) is 15.6. The van der Waals surface area contributed by atoms with Crippen LogP contribution in [0, 0.1) is 10.8 Å². The van der Waals surface area contributed by atoms with Crippen LogP contribution in [0.1, 0.15) is 100 Å². The van der Waals surface area contributed by atoms with Crippen LogP contribution in [0.4, 0.5) is 17.1 Å². The van der Waals surface area contributed by atoms with E-state index in [0.29, 0.717) is 0 Å². The maximum Gasteiger partial charge on any atom is 0.113 e. The Balaban J connectivity index is 1.37. The molecule has 0 spiro atoms. The van der Waals surface area contributed by atoms with Gasteiger partial charge in [-0.15, -0.1) is 0 Å². The fourth-order valence-electron chi connectivity index (χ4n) is 12.1. The lowest BCUT2D eigenvalue weighted by Crippen LogP contribution is -2.38. The fourth-order valence-corrected chi connectivity index (χ4v) is 12.1. The molecule has 7 aromatic rings. The van der Waals surface area contributed by atoms with Crippen LogP contribution < -0.4 is 10.4 Å². The summed E-state index contributed by atoms with van der Waals surface area (Å²) in [5.41, 5.74) is 23.5. The molecule has 63 heavy (non-hydrogen) atoms. The third kappa shape index (κ3) is 5.43. The molecule has 2 radical (unpaired) electrons. The maximum absolute atomic E-state index is 7.24. The van der Waals surface area contributed by atoms with Crippen molar-refractivity contribution < 1.29 is 0 Å². The quantitative estimate of drug-likeness (QED) is 0.124. The van der Waals surface area contributed by atoms with E-state index in [9.17, 15) is 0 Å². The molecule has 11 rings (SSSR count). The number of nitrogens with zero attached hydrogens (tertiary/aromatic N) is 1. The summed E-state index contributed by atoms with van der Waals surface area (Å²) in [6.07, 6.45) is 6.87. The van der Waals surface area contributed by atoms with Crippen molar-refractivity contribution in [2.24, 2.45) is 10.8 Å². The number of hydrogen-bond acceptors (Lipinski definition) is 1. The van der Waals surface area contributed by atoms with E-state index in [1.807, 2.05) is 0 Å². The summed E-state index contributed by atoms with van der Waals surface area (Å²) in [6, 6.07) is 56.8. The first-order valence-corrected chi connectivity index (χ1v) is 22.7. The second-order valence-electron chi connectivity index (χ2n) is 20.2. The number of anilines is 3. The van der Waals surface area contributed by atoms with Crippen LogP contribution in [0.15, 0.2) is 182 Å². The molecule has 2 heterocycles. The van der Waals surface area contributed by atoms with Gasteiger partial charge in [0.1, 0.15) is 7.85 Å². The van der Waals surface area contributed by atoms with Gasteiger partial charge in [-0.05, 0) is 115 Å². The van der Waals surface area contributed by atoms with E-state index < -0.39 is 5.41 Å². The summed E-state index contributed by atoms with van der Waals surface area (Å²) in [5, 5.41) is 0. The smallest absolute Gasteiger partial charge is 0.113 e. The Bertz CT molecular complexity index is 3080. The van der Waals surface area contributed by atoms with E-state index in [1.165, 1.54) is 78.0 Å². The SMILES string of the molecule is [B]c1cc2c(/C(C=C)=C/C3=C(C)C(C)(C)CCC3(C)C)c(c1)N1c3ccccc3C(c3ccccc3)(c3ccccc3)c3cccc(c31)-c1c-2ccc2c1-c1ccccc1C2(C)C. The predicted octanol–water partition coefficient (Wildman–Crippen LogP) is 15.3. The predicted molar refractivity (Wildman–Crippen MR) is 268 cm³/mol. The fraction of sp³-hybridized carbons (Fsp3) is 0.213. The molecule has 0 fully saturated rings. The maximum atomic E-state index is 7.24. The van der Waals surface area contributed by atoms with E-state index >= 15 is 0 Å². The largest absolute Gasteiger partial charge is 0.309 e. The molecule has 0 aromatic heterocycles. The van der Waals surface area contributed by atoms with Gasteiger partial charge in [-0.25, -0.2) is 0 Å². The Morgan fingerprint density at radius 3 is 1.86 bits per heavy atom. The average molecular weight is 812 g/mol. The van der Waals surface area contributed by atoms with Crippen molar-refractivity contribution in [1.82, 2.24) is 0 Å². The van der Waals surface area contributed by atoms with Crippen molar-refractivity contribution >= 4 is 35.9 Å². The van der Waals surface area contributed by atoms with Crippen molar-refractivity contribution in [1.29, 1.82) is 0 Å². The lowest BCUT2D eigenvalue weighted by atomic mass is 9.61. The van der Waals surface area contributed by atoms with Crippen LogP contribution >= 0.6 is 0 Å². The standard InChI is InChI=1S/C61H54BN/c1-9-39(35-51-38(2)58(3,4)33-34-59(51,5)6)54-46-36-42(62)37-53(54)63-52-30-19-18-28-48(52)61(40-21-12-10-13-22-40,41-23-14-11-15-24-41)50-29-20-26-45(57(50)63)55-43(46)31-32-49-56(55)44-25-16-17-27-47(44)60(49,7)8/h9-32,35-37H,1,33-34H2,2-8H3/b39-35+. The summed E-state index contributed by atoms with van der Waals surface area (Å²) < 4.78 is 0. The Kier molecular flexibility index (Phi) is 8.65. The van der Waals surface area contributed by atoms with Crippen LogP contribution in [-0.4, -0.2) is 7.85 Å². The van der Waals surface area contributed by atoms with Gasteiger partial charge in [0.05, 0.1) is 22.5 Å². The molecule has 2 bridgehead atoms. The topological polar surface area (TPSA) is 3.24 Å². The highest BCUT2D eigenvalue weighted by Gasteiger charge is 2.49. The van der Waals surface area contributed by atoms with Crippen LogP contribution in [-0.2, 0) is 10.8 Å². The Labute approximate surface area is 376 Å². The number of allylic oxidation sites excluding steroid dienone is 5. The van der Waals surface area contributed by atoms with Gasteiger partial charge in [-0.1, -0.05) is 211 Å². The minimum atomic E-state index is -0.643. The number of fused-ring (bicyclic) bond motifs is 12. The van der Waals surface area contributed by atoms with Crippen LogP contribution in [0.25, 0.3) is 39.0 Å². The molecule has 2 aliphatic carbocycles. The Morgan fingerprint density at radius 2 is 1.16 bits per heavy atom. The Morgan fingerprint density at radius 1 is 0.556 bits per heavy atom. The first-order chi connectivity index (χ1) is 30.3. The molecule has 0 unspecified atom stereocenters. The van der Waals surface area contributed by atoms with E-state index in [1.54, 1.807) is 0 Å². The van der Waals surface area contributed by atoms with E-state index in [4.69, 9.17) is 7.85 Å². The molecule has 306 valence electrons. The summed E-state index contributed by atoms with van der Waals surface area (Å²) in [6.45, 7) is 21.4. The zero-order chi connectivity index (χ0) is 43.6. The second-order valence-corrected chi connectivity index (χ2v) is 20.2. The van der Waals surface area contributed by atoms with Gasteiger partial charge < -0.3 is 4.90 Å². The number of rotatable bonds is 5. The first-order valence-electron chi connectivity index (χ1n) is 22.7. The normalized spacial score (nSPS) is 18.0. The summed E-state index contributed by atoms with van der Waals surface area (Å²) in [7, 11) is 7.24. The molecule has 0 atom stereocenters. The third-order valence-electron chi connectivity index (χ3n) is 15.6. The molecule has 4 aliphatic rings. The van der Waals surface area contributed by atoms with Crippen LogP contribution in [0.5, 0.6) is 0 Å². The molecule has 0 saturated heterocycles. The van der Waals surface area contributed by atoms with Crippen molar-refractivity contribution in [2.75, 3.05) is 4.90 Å². The molecule has 0 amide bonds. The van der Waals surface area contributed by atoms with Crippen molar-refractivity contribution in [3.63, 3.8) is 0 Å². The number of para-hydroxylation sites is 2. The average Bonchev–Trinajstić information content (AvgIpc) is 3.52.